The maximum absolute atomic E-state index is 13.2. The Morgan fingerprint density at radius 2 is 1.92 bits per heavy atom. The van der Waals surface area contributed by atoms with Crippen LogP contribution in [0.3, 0.4) is 0 Å². The highest BCUT2D eigenvalue weighted by Gasteiger charge is 2.78. The number of carbonyl (C=O) groups excluding carboxylic acids is 2. The Balaban J connectivity index is 1.23. The molecular formula is C29H40O9. The van der Waals surface area contributed by atoms with Crippen LogP contribution in [-0.2, 0) is 28.5 Å². The van der Waals surface area contributed by atoms with E-state index >= 15 is 0 Å². The second-order valence-corrected chi connectivity index (χ2v) is 14.1. The number of hydrogen-bond donors (Lipinski definition) is 3. The van der Waals surface area contributed by atoms with Crippen molar-refractivity contribution >= 4 is 11.8 Å². The molecule has 9 nitrogen and oxygen atoms in total. The lowest BCUT2D eigenvalue weighted by molar-refractivity contribution is -0.247. The molecule has 3 saturated carbocycles. The van der Waals surface area contributed by atoms with Crippen LogP contribution >= 0.6 is 0 Å². The molecule has 3 saturated heterocycles. The van der Waals surface area contributed by atoms with Crippen LogP contribution in [0.15, 0.2) is 12.2 Å². The van der Waals surface area contributed by atoms with Gasteiger partial charge in [-0.15, -0.1) is 0 Å². The van der Waals surface area contributed by atoms with Crippen molar-refractivity contribution in [2.75, 3.05) is 0 Å². The molecule has 0 aromatic carbocycles. The molecule has 3 aliphatic heterocycles. The van der Waals surface area contributed by atoms with Gasteiger partial charge in [-0.05, 0) is 81.8 Å². The molecule has 38 heavy (non-hydrogen) atoms. The number of ether oxygens (including phenoxy) is 4. The predicted octanol–water partition coefficient (Wildman–Crippen LogP) is 1.65. The van der Waals surface area contributed by atoms with E-state index in [-0.39, 0.29) is 41.5 Å². The van der Waals surface area contributed by atoms with Gasteiger partial charge in [-0.1, -0.05) is 6.92 Å². The summed E-state index contributed by atoms with van der Waals surface area (Å²) < 4.78 is 24.0. The molecule has 1 spiro atoms. The Bertz CT molecular complexity index is 1120. The van der Waals surface area contributed by atoms with Crippen LogP contribution in [0.2, 0.25) is 0 Å². The number of hydrogen-bond acceptors (Lipinski definition) is 9. The zero-order chi connectivity index (χ0) is 27.2. The van der Waals surface area contributed by atoms with E-state index in [4.69, 9.17) is 18.9 Å². The van der Waals surface area contributed by atoms with Crippen LogP contribution in [0.1, 0.15) is 66.7 Å². The summed E-state index contributed by atoms with van der Waals surface area (Å²) in [5.41, 5.74) is -3.88. The highest BCUT2D eigenvalue weighted by molar-refractivity contribution is 5.95. The van der Waals surface area contributed by atoms with Crippen LogP contribution < -0.4 is 0 Å². The van der Waals surface area contributed by atoms with Crippen molar-refractivity contribution in [1.82, 2.24) is 0 Å². The van der Waals surface area contributed by atoms with Crippen molar-refractivity contribution in [2.24, 2.45) is 35.0 Å². The average Bonchev–Trinajstić information content (AvgIpc) is 3.65. The Morgan fingerprint density at radius 1 is 1.18 bits per heavy atom. The quantitative estimate of drug-likeness (QED) is 0.366. The first kappa shape index (κ1) is 25.6. The van der Waals surface area contributed by atoms with E-state index in [9.17, 15) is 24.9 Å². The predicted molar refractivity (Wildman–Crippen MR) is 131 cm³/mol. The largest absolute Gasteiger partial charge is 0.462 e. The first-order chi connectivity index (χ1) is 17.7. The van der Waals surface area contributed by atoms with Crippen LogP contribution in [-0.4, -0.2) is 80.2 Å². The normalized spacial score (nSPS) is 59.4. The van der Waals surface area contributed by atoms with E-state index in [1.807, 2.05) is 13.8 Å². The summed E-state index contributed by atoms with van der Waals surface area (Å²) in [5.74, 6) is -1.05. The molecule has 0 radical (unpaired) electrons. The number of aliphatic hydroxyl groups is 3. The van der Waals surface area contributed by atoms with E-state index in [0.29, 0.717) is 19.3 Å². The molecule has 3 heterocycles. The average molecular weight is 533 g/mol. The van der Waals surface area contributed by atoms with Gasteiger partial charge < -0.3 is 34.3 Å². The Morgan fingerprint density at radius 3 is 2.61 bits per heavy atom. The molecule has 4 aliphatic carbocycles. The van der Waals surface area contributed by atoms with Crippen molar-refractivity contribution in [3.05, 3.63) is 12.2 Å². The number of aliphatic hydroxyl groups excluding tert-OH is 2. The lowest BCUT2D eigenvalue weighted by Gasteiger charge is -2.56. The SMILES string of the molecule is CC(=O)O[C@@H]1C[C@H]([C@@](C)(O)[C@@H]2C[C@]3(C)O[C@]3(C)[C@H](O)O2)[C@@]2(C)CC[C@@H]3[C@@H](C[C@H]4O[C@@]45[C@@H]3C(=O)C=C[C@@H]5O)[C@@H]12. The van der Waals surface area contributed by atoms with E-state index in [1.54, 1.807) is 13.0 Å². The summed E-state index contributed by atoms with van der Waals surface area (Å²) in [7, 11) is 0. The van der Waals surface area contributed by atoms with Gasteiger partial charge in [-0.25, -0.2) is 0 Å². The Labute approximate surface area is 222 Å². The number of carbonyl (C=O) groups is 2. The second-order valence-electron chi connectivity index (χ2n) is 14.1. The third kappa shape index (κ3) is 2.98. The number of fused-ring (bicyclic) bond motifs is 5. The Hall–Kier alpha value is -1.36. The smallest absolute Gasteiger partial charge is 0.302 e. The molecule has 7 rings (SSSR count). The third-order valence-corrected chi connectivity index (χ3v) is 12.3. The maximum Gasteiger partial charge on any atom is 0.302 e. The lowest BCUT2D eigenvalue weighted by Crippen LogP contribution is -2.61. The molecule has 0 amide bonds. The molecule has 0 aromatic heterocycles. The van der Waals surface area contributed by atoms with Crippen LogP contribution in [0.5, 0.6) is 0 Å². The standard InChI is InChI=1S/C29H40O9/c1-13(30)35-17-11-18(27(4,34)21-12-26(3)28(5,38-26)24(33)36-21)25(2)9-8-14-15(23(17)25)10-20-29(37-20)19(32)7-6-16(31)22(14)29/h6-7,14-15,17-24,32-34H,8-12H2,1-5H3/t14-,15-,17-,18+,19+,20-,21+,22+,23+,24-,25-,26+,27-,28-,29-/m1/s1. The van der Waals surface area contributed by atoms with E-state index in [1.165, 1.54) is 13.0 Å². The van der Waals surface area contributed by atoms with Crippen LogP contribution in [0.25, 0.3) is 0 Å². The lowest BCUT2D eigenvalue weighted by atomic mass is 9.48. The van der Waals surface area contributed by atoms with Crippen molar-refractivity contribution in [3.8, 4) is 0 Å². The molecule has 9 heteroatoms. The molecule has 210 valence electrons. The van der Waals surface area contributed by atoms with Crippen molar-refractivity contribution in [1.29, 1.82) is 0 Å². The number of epoxide rings is 2. The molecule has 7 aliphatic rings. The molecule has 0 unspecified atom stereocenters. The minimum Gasteiger partial charge on any atom is -0.462 e. The fraction of sp³-hybridized carbons (Fsp3) is 0.862. The van der Waals surface area contributed by atoms with Crippen molar-refractivity contribution in [3.63, 3.8) is 0 Å². The van der Waals surface area contributed by atoms with Gasteiger partial charge in [0.1, 0.15) is 29.0 Å². The summed E-state index contributed by atoms with van der Waals surface area (Å²) in [6.45, 7) is 9.16. The van der Waals surface area contributed by atoms with Crippen molar-refractivity contribution in [2.45, 2.75) is 120 Å². The summed E-state index contributed by atoms with van der Waals surface area (Å²) >= 11 is 0. The molecule has 3 N–H and O–H groups in total. The summed E-state index contributed by atoms with van der Waals surface area (Å²) in [6.07, 6.45) is 2.96. The highest BCUT2D eigenvalue weighted by Crippen LogP contribution is 2.70. The molecular weight excluding hydrogens is 492 g/mol. The van der Waals surface area contributed by atoms with Gasteiger partial charge in [0, 0.05) is 19.3 Å². The van der Waals surface area contributed by atoms with Gasteiger partial charge in [0.15, 0.2) is 12.1 Å². The summed E-state index contributed by atoms with van der Waals surface area (Å²) in [4.78, 5) is 25.5. The fourth-order valence-corrected chi connectivity index (χ4v) is 10.2. The number of allylic oxidation sites excluding steroid dienone is 1. The number of rotatable bonds is 3. The monoisotopic (exact) mass is 532 g/mol. The van der Waals surface area contributed by atoms with Gasteiger partial charge >= 0.3 is 5.97 Å². The van der Waals surface area contributed by atoms with E-state index in [0.717, 1.165) is 12.8 Å². The van der Waals surface area contributed by atoms with Gasteiger partial charge in [-0.3, -0.25) is 9.59 Å². The second kappa shape index (κ2) is 7.47. The minimum absolute atomic E-state index is 0.00648. The van der Waals surface area contributed by atoms with Crippen LogP contribution in [0, 0.1) is 35.0 Å². The molecule has 6 fully saturated rings. The van der Waals surface area contributed by atoms with Gasteiger partial charge in [-0.2, -0.15) is 0 Å². The molecule has 0 bridgehead atoms. The minimum atomic E-state index is -1.32. The van der Waals surface area contributed by atoms with Gasteiger partial charge in [0.2, 0.25) is 0 Å². The van der Waals surface area contributed by atoms with Crippen molar-refractivity contribution < 1.29 is 43.9 Å². The topological polar surface area (TPSA) is 138 Å². The Kier molecular flexibility index (Phi) is 5.04. The fourth-order valence-electron chi connectivity index (χ4n) is 10.2. The first-order valence-electron chi connectivity index (χ1n) is 14.2. The number of ketones is 1. The third-order valence-electron chi connectivity index (χ3n) is 12.3. The van der Waals surface area contributed by atoms with E-state index < -0.39 is 58.3 Å². The van der Waals surface area contributed by atoms with E-state index in [2.05, 4.69) is 6.92 Å². The number of esters is 1. The zero-order valence-electron chi connectivity index (χ0n) is 22.8. The summed E-state index contributed by atoms with van der Waals surface area (Å²) in [5, 5.41) is 33.7. The first-order valence-corrected chi connectivity index (χ1v) is 14.2. The molecule has 15 atom stereocenters. The highest BCUT2D eigenvalue weighted by atomic mass is 16.7. The summed E-state index contributed by atoms with van der Waals surface area (Å²) in [6, 6.07) is 0. The van der Waals surface area contributed by atoms with Crippen LogP contribution in [0.4, 0.5) is 0 Å². The van der Waals surface area contributed by atoms with Gasteiger partial charge in [0.25, 0.3) is 0 Å². The van der Waals surface area contributed by atoms with Gasteiger partial charge in [0.05, 0.1) is 23.7 Å². The zero-order valence-corrected chi connectivity index (χ0v) is 22.8. The molecule has 0 aromatic rings. The maximum atomic E-state index is 13.2.